The number of carbonyl (C=O) groups is 2. The number of nitrogens with one attached hydrogen (secondary N) is 1. The molecule has 2 amide bonds. The predicted octanol–water partition coefficient (Wildman–Crippen LogP) is 5.29. The van der Waals surface area contributed by atoms with Crippen LogP contribution in [0, 0.1) is 5.82 Å². The maximum absolute atomic E-state index is 14.1. The zero-order valence-corrected chi connectivity index (χ0v) is 24.9. The molecular formula is C32H38FN3O5S. The lowest BCUT2D eigenvalue weighted by Crippen LogP contribution is -2.54. The number of benzene rings is 3. The first kappa shape index (κ1) is 31.0. The van der Waals surface area contributed by atoms with Crippen molar-refractivity contribution in [3.05, 3.63) is 90.2 Å². The Balaban J connectivity index is 1.68. The Morgan fingerprint density at radius 3 is 2.19 bits per heavy atom. The monoisotopic (exact) mass is 595 g/mol. The van der Waals surface area contributed by atoms with Gasteiger partial charge in [-0.1, -0.05) is 56.5 Å². The van der Waals surface area contributed by atoms with Crippen LogP contribution in [0.5, 0.6) is 5.75 Å². The summed E-state index contributed by atoms with van der Waals surface area (Å²) >= 11 is 0. The van der Waals surface area contributed by atoms with Gasteiger partial charge in [0.15, 0.2) is 0 Å². The number of anilines is 1. The number of rotatable bonds is 12. The first-order valence-electron chi connectivity index (χ1n) is 14.3. The van der Waals surface area contributed by atoms with Crippen LogP contribution in [-0.4, -0.2) is 50.9 Å². The molecule has 0 heterocycles. The van der Waals surface area contributed by atoms with E-state index in [-0.39, 0.29) is 29.1 Å². The van der Waals surface area contributed by atoms with E-state index in [1.807, 2.05) is 19.1 Å². The number of sulfonamides is 1. The van der Waals surface area contributed by atoms with E-state index in [0.717, 1.165) is 54.1 Å². The first-order chi connectivity index (χ1) is 20.2. The van der Waals surface area contributed by atoms with Crippen LogP contribution >= 0.6 is 0 Å². The molecule has 224 valence electrons. The van der Waals surface area contributed by atoms with Gasteiger partial charge in [0.05, 0.1) is 17.7 Å². The lowest BCUT2D eigenvalue weighted by atomic mass is 9.95. The molecule has 3 aromatic rings. The molecular weight excluding hydrogens is 557 g/mol. The van der Waals surface area contributed by atoms with Crippen LogP contribution < -0.4 is 14.4 Å². The highest BCUT2D eigenvalue weighted by molar-refractivity contribution is 7.92. The summed E-state index contributed by atoms with van der Waals surface area (Å²) in [5.41, 5.74) is 1.04. The molecule has 1 saturated carbocycles. The van der Waals surface area contributed by atoms with Crippen LogP contribution in [0.3, 0.4) is 0 Å². The van der Waals surface area contributed by atoms with Crippen LogP contribution in [0.4, 0.5) is 10.1 Å². The van der Waals surface area contributed by atoms with Crippen molar-refractivity contribution in [2.24, 2.45) is 0 Å². The number of para-hydroxylation sites is 1. The second-order valence-electron chi connectivity index (χ2n) is 10.4. The zero-order valence-electron chi connectivity index (χ0n) is 24.0. The minimum atomic E-state index is -4.25. The predicted molar refractivity (Wildman–Crippen MR) is 160 cm³/mol. The Morgan fingerprint density at radius 2 is 1.60 bits per heavy atom. The summed E-state index contributed by atoms with van der Waals surface area (Å²) < 4.78 is 47.5. The molecule has 1 aliphatic carbocycles. The van der Waals surface area contributed by atoms with E-state index in [1.165, 1.54) is 17.0 Å². The van der Waals surface area contributed by atoms with Gasteiger partial charge in [-0.25, -0.2) is 12.8 Å². The standard InChI is InChI=1S/C32H38FN3O5S/c1-3-30(32(38)34-26-10-6-4-7-11-26)35(22-24-14-18-28(41-2)19-15-24)31(37)23-36(27-12-8-5-9-13-27)42(39,40)29-20-16-25(33)17-21-29/h5,8-9,12-21,26,30H,3-4,6-7,10-11,22-23H2,1-2H3,(H,34,38)/t30-/m1/s1. The molecule has 0 aliphatic heterocycles. The third-order valence-corrected chi connectivity index (χ3v) is 9.36. The minimum absolute atomic E-state index is 0.0536. The summed E-state index contributed by atoms with van der Waals surface area (Å²) in [6.07, 6.45) is 5.37. The Labute approximate surface area is 247 Å². The van der Waals surface area contributed by atoms with Crippen molar-refractivity contribution in [2.45, 2.75) is 69.0 Å². The van der Waals surface area contributed by atoms with Gasteiger partial charge in [-0.15, -0.1) is 0 Å². The fraction of sp³-hybridized carbons (Fsp3) is 0.375. The minimum Gasteiger partial charge on any atom is -0.497 e. The van der Waals surface area contributed by atoms with Gasteiger partial charge in [-0.05, 0) is 73.4 Å². The van der Waals surface area contributed by atoms with Gasteiger partial charge in [0.25, 0.3) is 10.0 Å². The summed E-state index contributed by atoms with van der Waals surface area (Å²) in [7, 11) is -2.69. The van der Waals surface area contributed by atoms with E-state index in [2.05, 4.69) is 5.32 Å². The number of amides is 2. The number of hydrogen-bond acceptors (Lipinski definition) is 5. The lowest BCUT2D eigenvalue weighted by molar-refractivity contribution is -0.140. The van der Waals surface area contributed by atoms with Gasteiger partial charge < -0.3 is 15.0 Å². The summed E-state index contributed by atoms with van der Waals surface area (Å²) in [6, 6.07) is 19.2. The molecule has 0 unspecified atom stereocenters. The molecule has 0 saturated heterocycles. The molecule has 42 heavy (non-hydrogen) atoms. The highest BCUT2D eigenvalue weighted by atomic mass is 32.2. The molecule has 8 nitrogen and oxygen atoms in total. The Hall–Kier alpha value is -3.92. The maximum Gasteiger partial charge on any atom is 0.264 e. The van der Waals surface area contributed by atoms with Gasteiger partial charge in [0.2, 0.25) is 11.8 Å². The van der Waals surface area contributed by atoms with Gasteiger partial charge >= 0.3 is 0 Å². The summed E-state index contributed by atoms with van der Waals surface area (Å²) in [5.74, 6) is -0.707. The molecule has 1 N–H and O–H groups in total. The van der Waals surface area contributed by atoms with Crippen LogP contribution in [0.15, 0.2) is 83.8 Å². The number of hydrogen-bond donors (Lipinski definition) is 1. The Kier molecular flexibility index (Phi) is 10.6. The van der Waals surface area contributed by atoms with Crippen LogP contribution in [-0.2, 0) is 26.2 Å². The topological polar surface area (TPSA) is 96.0 Å². The van der Waals surface area contributed by atoms with Crippen LogP contribution in [0.1, 0.15) is 51.0 Å². The van der Waals surface area contributed by atoms with E-state index in [1.54, 1.807) is 49.6 Å². The molecule has 0 radical (unpaired) electrons. The third kappa shape index (κ3) is 7.67. The largest absolute Gasteiger partial charge is 0.497 e. The van der Waals surface area contributed by atoms with Crippen LogP contribution in [0.25, 0.3) is 0 Å². The quantitative estimate of drug-likeness (QED) is 0.307. The number of ether oxygens (including phenoxy) is 1. The fourth-order valence-electron chi connectivity index (χ4n) is 5.25. The van der Waals surface area contributed by atoms with Crippen molar-refractivity contribution < 1.29 is 27.1 Å². The van der Waals surface area contributed by atoms with E-state index in [9.17, 15) is 22.4 Å². The third-order valence-electron chi connectivity index (χ3n) is 7.57. The van der Waals surface area contributed by atoms with E-state index >= 15 is 0 Å². The zero-order chi connectivity index (χ0) is 30.1. The SMILES string of the molecule is CC[C@H](C(=O)NC1CCCCC1)N(Cc1ccc(OC)cc1)C(=O)CN(c1ccccc1)S(=O)(=O)c1ccc(F)cc1. The average Bonchev–Trinajstić information content (AvgIpc) is 3.01. The van der Waals surface area contributed by atoms with Gasteiger partial charge in [0, 0.05) is 12.6 Å². The Morgan fingerprint density at radius 1 is 0.952 bits per heavy atom. The van der Waals surface area contributed by atoms with E-state index in [4.69, 9.17) is 4.74 Å². The smallest absolute Gasteiger partial charge is 0.264 e. The number of methoxy groups -OCH3 is 1. The van der Waals surface area contributed by atoms with Gasteiger partial charge in [0.1, 0.15) is 24.2 Å². The highest BCUT2D eigenvalue weighted by Crippen LogP contribution is 2.25. The normalized spacial score (nSPS) is 14.5. The number of carbonyl (C=O) groups excluding carboxylic acids is 2. The molecule has 10 heteroatoms. The second kappa shape index (κ2) is 14.3. The number of nitrogens with zero attached hydrogens (tertiary/aromatic N) is 2. The van der Waals surface area contributed by atoms with Crippen LogP contribution in [0.2, 0.25) is 0 Å². The number of halogens is 1. The lowest BCUT2D eigenvalue weighted by Gasteiger charge is -2.34. The maximum atomic E-state index is 14.1. The van der Waals surface area contributed by atoms with Crippen molar-refractivity contribution >= 4 is 27.5 Å². The molecule has 0 bridgehead atoms. The van der Waals surface area contributed by atoms with Crippen molar-refractivity contribution in [1.82, 2.24) is 10.2 Å². The van der Waals surface area contributed by atoms with Gasteiger partial charge in [-0.3, -0.25) is 13.9 Å². The summed E-state index contributed by atoms with van der Waals surface area (Å²) in [6.45, 7) is 1.38. The molecule has 1 fully saturated rings. The molecule has 0 aromatic heterocycles. The first-order valence-corrected chi connectivity index (χ1v) is 15.7. The molecule has 1 atom stereocenters. The highest BCUT2D eigenvalue weighted by Gasteiger charge is 2.34. The van der Waals surface area contributed by atoms with Crippen molar-refractivity contribution in [2.75, 3.05) is 18.0 Å². The summed E-state index contributed by atoms with van der Waals surface area (Å²) in [5, 5.41) is 3.14. The average molecular weight is 596 g/mol. The fourth-order valence-corrected chi connectivity index (χ4v) is 6.66. The molecule has 4 rings (SSSR count). The van der Waals surface area contributed by atoms with Gasteiger partial charge in [-0.2, -0.15) is 0 Å². The molecule has 0 spiro atoms. The van der Waals surface area contributed by atoms with Crippen molar-refractivity contribution in [3.63, 3.8) is 0 Å². The summed E-state index contributed by atoms with van der Waals surface area (Å²) in [4.78, 5) is 29.0. The molecule has 3 aromatic carbocycles. The molecule has 1 aliphatic rings. The Bertz CT molecular complexity index is 1430. The van der Waals surface area contributed by atoms with Crippen molar-refractivity contribution in [3.8, 4) is 5.75 Å². The second-order valence-corrected chi connectivity index (χ2v) is 12.3. The van der Waals surface area contributed by atoms with Crippen molar-refractivity contribution in [1.29, 1.82) is 0 Å². The van der Waals surface area contributed by atoms with E-state index < -0.39 is 34.3 Å². The van der Waals surface area contributed by atoms with E-state index in [0.29, 0.717) is 12.2 Å².